The molecule has 0 unspecified atom stereocenters. The quantitative estimate of drug-likeness (QED) is 0.854. The number of hydrogen-bond acceptors (Lipinski definition) is 1. The highest BCUT2D eigenvalue weighted by Gasteiger charge is 2.18. The zero-order chi connectivity index (χ0) is 14.9. The van der Waals surface area contributed by atoms with Crippen molar-refractivity contribution in [3.8, 4) is 0 Å². The molecule has 0 saturated heterocycles. The molecule has 0 aliphatic heterocycles. The number of rotatable bonds is 2. The molecule has 0 aliphatic carbocycles. The first-order valence-corrected chi connectivity index (χ1v) is 6.86. The Balaban J connectivity index is 2.45. The smallest absolute Gasteiger partial charge is 0.256 e. The highest BCUT2D eigenvalue weighted by Crippen LogP contribution is 2.26. The summed E-state index contributed by atoms with van der Waals surface area (Å²) >= 11 is 0. The maximum absolute atomic E-state index is 12.6. The highest BCUT2D eigenvalue weighted by molar-refractivity contribution is 6.06. The van der Waals surface area contributed by atoms with Crippen LogP contribution in [0, 0.1) is 34.6 Å². The first-order chi connectivity index (χ1) is 9.43. The Bertz CT molecular complexity index is 628. The molecular formula is C18H21NO. The third-order valence-corrected chi connectivity index (χ3v) is 4.26. The van der Waals surface area contributed by atoms with Crippen LogP contribution < -0.4 is 5.32 Å². The van der Waals surface area contributed by atoms with E-state index < -0.39 is 0 Å². The molecule has 0 spiro atoms. The van der Waals surface area contributed by atoms with Crippen molar-refractivity contribution >= 4 is 11.6 Å². The number of para-hydroxylation sites is 1. The fourth-order valence-corrected chi connectivity index (χ4v) is 2.56. The van der Waals surface area contributed by atoms with Crippen LogP contribution in [-0.4, -0.2) is 5.91 Å². The second-order valence-electron chi connectivity index (χ2n) is 5.32. The van der Waals surface area contributed by atoms with Crippen molar-refractivity contribution in [2.75, 3.05) is 5.32 Å². The van der Waals surface area contributed by atoms with Gasteiger partial charge in [-0.15, -0.1) is 0 Å². The predicted octanol–water partition coefficient (Wildman–Crippen LogP) is 4.48. The van der Waals surface area contributed by atoms with E-state index in [9.17, 15) is 4.79 Å². The molecule has 0 aromatic heterocycles. The van der Waals surface area contributed by atoms with Crippen LogP contribution in [0.15, 0.2) is 30.3 Å². The Hall–Kier alpha value is -2.09. The maximum atomic E-state index is 12.6. The van der Waals surface area contributed by atoms with Crippen molar-refractivity contribution in [3.05, 3.63) is 63.7 Å². The van der Waals surface area contributed by atoms with Gasteiger partial charge in [-0.25, -0.2) is 0 Å². The average molecular weight is 267 g/mol. The van der Waals surface area contributed by atoms with E-state index in [2.05, 4.69) is 26.1 Å². The van der Waals surface area contributed by atoms with Gasteiger partial charge in [0.1, 0.15) is 0 Å². The van der Waals surface area contributed by atoms with Gasteiger partial charge in [-0.3, -0.25) is 4.79 Å². The number of carbonyl (C=O) groups is 1. The summed E-state index contributed by atoms with van der Waals surface area (Å²) in [6.45, 7) is 10.3. The van der Waals surface area contributed by atoms with Crippen molar-refractivity contribution in [2.45, 2.75) is 34.6 Å². The zero-order valence-corrected chi connectivity index (χ0v) is 12.8. The summed E-state index contributed by atoms with van der Waals surface area (Å²) in [6, 6.07) is 9.57. The van der Waals surface area contributed by atoms with Crippen molar-refractivity contribution in [1.82, 2.24) is 0 Å². The SMILES string of the molecule is Cc1c(C)c(C)c(C(=O)Nc2ccccc2)c(C)c1C. The molecule has 0 atom stereocenters. The lowest BCUT2D eigenvalue weighted by atomic mass is 9.89. The number of nitrogens with one attached hydrogen (secondary N) is 1. The van der Waals surface area contributed by atoms with Crippen LogP contribution in [0.3, 0.4) is 0 Å². The topological polar surface area (TPSA) is 29.1 Å². The summed E-state index contributed by atoms with van der Waals surface area (Å²) in [7, 11) is 0. The Labute approximate surface area is 120 Å². The molecule has 2 rings (SSSR count). The molecule has 1 amide bonds. The van der Waals surface area contributed by atoms with Crippen LogP contribution in [0.4, 0.5) is 5.69 Å². The molecule has 2 aromatic rings. The Morgan fingerprint density at radius 1 is 0.750 bits per heavy atom. The van der Waals surface area contributed by atoms with Gasteiger partial charge in [0.2, 0.25) is 0 Å². The molecule has 0 radical (unpaired) electrons. The molecule has 0 heterocycles. The van der Waals surface area contributed by atoms with E-state index in [-0.39, 0.29) is 5.91 Å². The summed E-state index contributed by atoms with van der Waals surface area (Å²) in [6.07, 6.45) is 0. The number of carbonyl (C=O) groups excluding carboxylic acids is 1. The minimum Gasteiger partial charge on any atom is -0.322 e. The minimum absolute atomic E-state index is 0.0302. The Kier molecular flexibility index (Phi) is 3.93. The lowest BCUT2D eigenvalue weighted by Gasteiger charge is -2.18. The van der Waals surface area contributed by atoms with E-state index in [1.807, 2.05) is 44.2 Å². The van der Waals surface area contributed by atoms with Gasteiger partial charge in [-0.2, -0.15) is 0 Å². The summed E-state index contributed by atoms with van der Waals surface area (Å²) in [4.78, 5) is 12.6. The molecule has 104 valence electrons. The van der Waals surface area contributed by atoms with Crippen LogP contribution in [-0.2, 0) is 0 Å². The molecule has 2 nitrogen and oxygen atoms in total. The number of amides is 1. The Morgan fingerprint density at radius 2 is 1.20 bits per heavy atom. The summed E-state index contributed by atoms with van der Waals surface area (Å²) in [5, 5.41) is 2.97. The fourth-order valence-electron chi connectivity index (χ4n) is 2.56. The van der Waals surface area contributed by atoms with Gasteiger partial charge in [0.25, 0.3) is 5.91 Å². The number of anilines is 1. The monoisotopic (exact) mass is 267 g/mol. The number of benzene rings is 2. The fraction of sp³-hybridized carbons (Fsp3) is 0.278. The van der Waals surface area contributed by atoms with Gasteiger partial charge < -0.3 is 5.32 Å². The molecule has 1 N–H and O–H groups in total. The third kappa shape index (κ3) is 2.46. The van der Waals surface area contributed by atoms with Crippen LogP contribution in [0.25, 0.3) is 0 Å². The lowest BCUT2D eigenvalue weighted by molar-refractivity contribution is 0.102. The van der Waals surface area contributed by atoms with Crippen LogP contribution in [0.2, 0.25) is 0 Å². The second kappa shape index (κ2) is 5.49. The zero-order valence-electron chi connectivity index (χ0n) is 12.8. The van der Waals surface area contributed by atoms with E-state index in [1.54, 1.807) is 0 Å². The second-order valence-corrected chi connectivity index (χ2v) is 5.32. The largest absolute Gasteiger partial charge is 0.322 e. The van der Waals surface area contributed by atoms with Gasteiger partial charge >= 0.3 is 0 Å². The molecule has 0 bridgehead atoms. The summed E-state index contributed by atoms with van der Waals surface area (Å²) in [5.41, 5.74) is 7.44. The van der Waals surface area contributed by atoms with Crippen molar-refractivity contribution in [3.63, 3.8) is 0 Å². The predicted molar refractivity (Wildman–Crippen MR) is 84.5 cm³/mol. The van der Waals surface area contributed by atoms with Gasteiger partial charge in [0, 0.05) is 11.3 Å². The summed E-state index contributed by atoms with van der Waals surface area (Å²) in [5.74, 6) is -0.0302. The first-order valence-electron chi connectivity index (χ1n) is 6.86. The molecule has 20 heavy (non-hydrogen) atoms. The number of hydrogen-bond donors (Lipinski definition) is 1. The van der Waals surface area contributed by atoms with E-state index >= 15 is 0 Å². The lowest BCUT2D eigenvalue weighted by Crippen LogP contribution is -2.17. The molecule has 0 fully saturated rings. The standard InChI is InChI=1S/C18H21NO/c1-11-12(2)14(4)17(15(5)13(11)3)18(20)19-16-9-7-6-8-10-16/h6-10H,1-5H3,(H,19,20). The van der Waals surface area contributed by atoms with Crippen LogP contribution >= 0.6 is 0 Å². The summed E-state index contributed by atoms with van der Waals surface area (Å²) < 4.78 is 0. The molecule has 0 saturated carbocycles. The average Bonchev–Trinajstić information content (AvgIpc) is 2.44. The third-order valence-electron chi connectivity index (χ3n) is 4.26. The van der Waals surface area contributed by atoms with Crippen molar-refractivity contribution in [1.29, 1.82) is 0 Å². The van der Waals surface area contributed by atoms with Gasteiger partial charge in [0.15, 0.2) is 0 Å². The maximum Gasteiger partial charge on any atom is 0.256 e. The first kappa shape index (κ1) is 14.3. The van der Waals surface area contributed by atoms with Gasteiger partial charge in [-0.1, -0.05) is 18.2 Å². The highest BCUT2D eigenvalue weighted by atomic mass is 16.1. The van der Waals surface area contributed by atoms with E-state index in [1.165, 1.54) is 16.7 Å². The molecule has 2 heteroatoms. The van der Waals surface area contributed by atoms with E-state index in [0.29, 0.717) is 0 Å². The van der Waals surface area contributed by atoms with Gasteiger partial charge in [-0.05, 0) is 74.6 Å². The molecule has 0 aliphatic rings. The van der Waals surface area contributed by atoms with Gasteiger partial charge in [0.05, 0.1) is 0 Å². The Morgan fingerprint density at radius 3 is 1.70 bits per heavy atom. The van der Waals surface area contributed by atoms with Crippen molar-refractivity contribution < 1.29 is 4.79 Å². The van der Waals surface area contributed by atoms with Crippen LogP contribution in [0.5, 0.6) is 0 Å². The molecule has 2 aromatic carbocycles. The van der Waals surface area contributed by atoms with Crippen LogP contribution in [0.1, 0.15) is 38.2 Å². The van der Waals surface area contributed by atoms with Crippen molar-refractivity contribution in [2.24, 2.45) is 0 Å². The minimum atomic E-state index is -0.0302. The van der Waals surface area contributed by atoms with E-state index in [0.717, 1.165) is 22.4 Å². The van der Waals surface area contributed by atoms with E-state index in [4.69, 9.17) is 0 Å². The molecular weight excluding hydrogens is 246 g/mol. The normalized spacial score (nSPS) is 10.4.